The summed E-state index contributed by atoms with van der Waals surface area (Å²) >= 11 is 0. The molecule has 1 saturated carbocycles. The SMILES string of the molecule is CN(C)C1(C(CCS(C)(=O)=O)NN)CCCCCC1. The Balaban J connectivity index is 2.86. The van der Waals surface area contributed by atoms with Gasteiger partial charge in [0.15, 0.2) is 0 Å². The number of hydrazine groups is 1. The molecule has 0 amide bonds. The Morgan fingerprint density at radius 2 is 1.74 bits per heavy atom. The number of rotatable bonds is 6. The molecule has 5 nitrogen and oxygen atoms in total. The van der Waals surface area contributed by atoms with Crippen LogP contribution in [0.15, 0.2) is 0 Å². The molecule has 6 heteroatoms. The van der Waals surface area contributed by atoms with Gasteiger partial charge in [0, 0.05) is 17.8 Å². The van der Waals surface area contributed by atoms with Crippen molar-refractivity contribution in [2.75, 3.05) is 26.1 Å². The van der Waals surface area contributed by atoms with Gasteiger partial charge in [-0.25, -0.2) is 8.42 Å². The second-order valence-electron chi connectivity index (χ2n) is 6.05. The number of nitrogens with zero attached hydrogens (tertiary/aromatic N) is 1. The Bertz CT molecular complexity index is 360. The Hall–Kier alpha value is -0.170. The first kappa shape index (κ1) is 16.9. The highest BCUT2D eigenvalue weighted by molar-refractivity contribution is 7.90. The van der Waals surface area contributed by atoms with Crippen molar-refractivity contribution in [1.29, 1.82) is 0 Å². The van der Waals surface area contributed by atoms with Crippen molar-refractivity contribution >= 4 is 9.84 Å². The van der Waals surface area contributed by atoms with Crippen LogP contribution >= 0.6 is 0 Å². The summed E-state index contributed by atoms with van der Waals surface area (Å²) in [6.45, 7) is 0. The summed E-state index contributed by atoms with van der Waals surface area (Å²) in [5.74, 6) is 5.93. The number of likely N-dealkylation sites (N-methyl/N-ethyl adjacent to an activating group) is 1. The molecular formula is C13H29N3O2S. The van der Waals surface area contributed by atoms with Crippen molar-refractivity contribution in [3.8, 4) is 0 Å². The zero-order chi connectivity index (χ0) is 14.5. The maximum Gasteiger partial charge on any atom is 0.147 e. The molecule has 1 unspecified atom stereocenters. The molecule has 1 fully saturated rings. The van der Waals surface area contributed by atoms with E-state index in [4.69, 9.17) is 5.84 Å². The summed E-state index contributed by atoms with van der Waals surface area (Å²) < 4.78 is 22.8. The fraction of sp³-hybridized carbons (Fsp3) is 1.00. The average molecular weight is 291 g/mol. The molecule has 0 aliphatic heterocycles. The van der Waals surface area contributed by atoms with Crippen LogP contribution in [0.4, 0.5) is 0 Å². The molecule has 1 aliphatic carbocycles. The van der Waals surface area contributed by atoms with Gasteiger partial charge in [0.05, 0.1) is 5.75 Å². The average Bonchev–Trinajstić information content (AvgIpc) is 2.55. The lowest BCUT2D eigenvalue weighted by Crippen LogP contribution is -2.61. The van der Waals surface area contributed by atoms with Crippen LogP contribution in [0, 0.1) is 0 Å². The normalized spacial score (nSPS) is 22.2. The second-order valence-corrected chi connectivity index (χ2v) is 8.31. The van der Waals surface area contributed by atoms with Crippen molar-refractivity contribution < 1.29 is 8.42 Å². The van der Waals surface area contributed by atoms with Crippen molar-refractivity contribution in [1.82, 2.24) is 10.3 Å². The van der Waals surface area contributed by atoms with E-state index in [-0.39, 0.29) is 17.3 Å². The number of hydrogen-bond acceptors (Lipinski definition) is 5. The van der Waals surface area contributed by atoms with Gasteiger partial charge in [-0.05, 0) is 33.4 Å². The van der Waals surface area contributed by atoms with Gasteiger partial charge in [-0.3, -0.25) is 11.3 Å². The lowest BCUT2D eigenvalue weighted by Gasteiger charge is -2.45. The van der Waals surface area contributed by atoms with Crippen molar-refractivity contribution in [3.05, 3.63) is 0 Å². The summed E-state index contributed by atoms with van der Waals surface area (Å²) in [6.07, 6.45) is 8.93. The molecule has 0 aromatic heterocycles. The Labute approximate surface area is 117 Å². The maximum atomic E-state index is 11.4. The van der Waals surface area contributed by atoms with Gasteiger partial charge >= 0.3 is 0 Å². The third kappa shape index (κ3) is 4.70. The molecular weight excluding hydrogens is 262 g/mol. The first-order valence-electron chi connectivity index (χ1n) is 7.13. The Morgan fingerprint density at radius 3 is 2.11 bits per heavy atom. The largest absolute Gasteiger partial charge is 0.302 e. The van der Waals surface area contributed by atoms with E-state index in [2.05, 4.69) is 24.4 Å². The van der Waals surface area contributed by atoms with Crippen LogP contribution in [-0.2, 0) is 9.84 Å². The molecule has 0 radical (unpaired) electrons. The van der Waals surface area contributed by atoms with E-state index in [0.717, 1.165) is 12.8 Å². The standard InChI is InChI=1S/C13H29N3O2S/c1-16(2)13(9-6-4-5-7-10-13)12(15-14)8-11-19(3,17)18/h12,15H,4-11,14H2,1-3H3. The number of nitrogens with one attached hydrogen (secondary N) is 1. The monoisotopic (exact) mass is 291 g/mol. The van der Waals surface area contributed by atoms with Crippen LogP contribution in [0.5, 0.6) is 0 Å². The maximum absolute atomic E-state index is 11.4. The first-order valence-corrected chi connectivity index (χ1v) is 9.19. The summed E-state index contributed by atoms with van der Waals surface area (Å²) in [4.78, 5) is 2.24. The van der Waals surface area contributed by atoms with E-state index < -0.39 is 9.84 Å². The number of sulfone groups is 1. The van der Waals surface area contributed by atoms with Crippen molar-refractivity contribution in [3.63, 3.8) is 0 Å². The van der Waals surface area contributed by atoms with Gasteiger partial charge < -0.3 is 4.90 Å². The van der Waals surface area contributed by atoms with Crippen LogP contribution in [-0.4, -0.2) is 51.0 Å². The highest BCUT2D eigenvalue weighted by atomic mass is 32.2. The van der Waals surface area contributed by atoms with Gasteiger partial charge in [0.25, 0.3) is 0 Å². The minimum Gasteiger partial charge on any atom is -0.302 e. The van der Waals surface area contributed by atoms with Crippen LogP contribution in [0.25, 0.3) is 0 Å². The van der Waals surface area contributed by atoms with Gasteiger partial charge in [0.2, 0.25) is 0 Å². The minimum absolute atomic E-state index is 0.0179. The van der Waals surface area contributed by atoms with E-state index in [0.29, 0.717) is 6.42 Å². The highest BCUT2D eigenvalue weighted by Crippen LogP contribution is 2.35. The molecule has 19 heavy (non-hydrogen) atoms. The molecule has 1 aliphatic rings. The number of hydrogen-bond donors (Lipinski definition) is 2. The van der Waals surface area contributed by atoms with E-state index >= 15 is 0 Å². The fourth-order valence-corrected chi connectivity index (χ4v) is 3.95. The number of nitrogens with two attached hydrogens (primary N) is 1. The van der Waals surface area contributed by atoms with Gasteiger partial charge in [-0.1, -0.05) is 25.7 Å². The molecule has 0 aromatic carbocycles. The lowest BCUT2D eigenvalue weighted by atomic mass is 9.80. The third-order valence-corrected chi connectivity index (χ3v) is 5.46. The Morgan fingerprint density at radius 1 is 1.21 bits per heavy atom. The van der Waals surface area contributed by atoms with E-state index in [1.807, 2.05) is 0 Å². The van der Waals surface area contributed by atoms with Crippen LogP contribution < -0.4 is 11.3 Å². The molecule has 114 valence electrons. The quantitative estimate of drug-likeness (QED) is 0.432. The van der Waals surface area contributed by atoms with E-state index in [9.17, 15) is 8.42 Å². The summed E-state index contributed by atoms with van der Waals surface area (Å²) in [5, 5.41) is 0. The topological polar surface area (TPSA) is 75.4 Å². The van der Waals surface area contributed by atoms with E-state index in [1.54, 1.807) is 0 Å². The predicted octanol–water partition coefficient (Wildman–Crippen LogP) is 0.908. The highest BCUT2D eigenvalue weighted by Gasteiger charge is 2.40. The molecule has 1 atom stereocenters. The first-order chi connectivity index (χ1) is 8.82. The van der Waals surface area contributed by atoms with Crippen LogP contribution in [0.3, 0.4) is 0 Å². The van der Waals surface area contributed by atoms with Gasteiger partial charge in [-0.15, -0.1) is 0 Å². The summed E-state index contributed by atoms with van der Waals surface area (Å²) in [6, 6.07) is 0.0234. The molecule has 0 aromatic rings. The zero-order valence-corrected chi connectivity index (χ0v) is 13.3. The molecule has 0 heterocycles. The zero-order valence-electron chi connectivity index (χ0n) is 12.5. The Kier molecular flexibility index (Phi) is 6.23. The lowest BCUT2D eigenvalue weighted by molar-refractivity contribution is 0.0787. The smallest absolute Gasteiger partial charge is 0.147 e. The minimum atomic E-state index is -2.94. The second kappa shape index (κ2) is 7.02. The summed E-state index contributed by atoms with van der Waals surface area (Å²) in [5.41, 5.74) is 2.87. The van der Waals surface area contributed by atoms with E-state index in [1.165, 1.54) is 31.9 Å². The van der Waals surface area contributed by atoms with Gasteiger partial charge in [0.1, 0.15) is 9.84 Å². The summed E-state index contributed by atoms with van der Waals surface area (Å²) in [7, 11) is 1.22. The molecule has 3 N–H and O–H groups in total. The molecule has 0 saturated heterocycles. The molecule has 0 bridgehead atoms. The van der Waals surface area contributed by atoms with Crippen LogP contribution in [0.1, 0.15) is 44.9 Å². The van der Waals surface area contributed by atoms with Crippen molar-refractivity contribution in [2.45, 2.75) is 56.5 Å². The third-order valence-electron chi connectivity index (χ3n) is 4.49. The van der Waals surface area contributed by atoms with Crippen molar-refractivity contribution in [2.24, 2.45) is 5.84 Å². The molecule has 1 rings (SSSR count). The van der Waals surface area contributed by atoms with Gasteiger partial charge in [-0.2, -0.15) is 0 Å². The van der Waals surface area contributed by atoms with Crippen LogP contribution in [0.2, 0.25) is 0 Å². The molecule has 0 spiro atoms. The predicted molar refractivity (Wildman–Crippen MR) is 79.6 cm³/mol. The fourth-order valence-electron chi connectivity index (χ4n) is 3.29.